The molecule has 1 aliphatic rings. The highest BCUT2D eigenvalue weighted by Gasteiger charge is 2.31. The molecule has 1 amide bonds. The van der Waals surface area contributed by atoms with Crippen LogP contribution in [0.1, 0.15) is 22.7 Å². The van der Waals surface area contributed by atoms with E-state index in [9.17, 15) is 13.2 Å². The van der Waals surface area contributed by atoms with E-state index in [4.69, 9.17) is 24.7 Å². The zero-order valence-electron chi connectivity index (χ0n) is 21.9. The van der Waals surface area contributed by atoms with Crippen LogP contribution in [-0.2, 0) is 20.4 Å². The van der Waals surface area contributed by atoms with Crippen molar-refractivity contribution in [2.45, 2.75) is 11.8 Å². The van der Waals surface area contributed by atoms with E-state index in [1.807, 2.05) is 11.9 Å². The summed E-state index contributed by atoms with van der Waals surface area (Å²) in [5, 5.41) is 1.12. The third-order valence-electron chi connectivity index (χ3n) is 6.32. The molecule has 1 unspecified atom stereocenters. The van der Waals surface area contributed by atoms with Crippen LogP contribution in [0.2, 0.25) is 0 Å². The van der Waals surface area contributed by atoms with E-state index in [-0.39, 0.29) is 5.75 Å². The first-order chi connectivity index (χ1) is 17.6. The van der Waals surface area contributed by atoms with Crippen molar-refractivity contribution in [3.8, 4) is 23.0 Å². The maximum atomic E-state index is 13.1. The van der Waals surface area contributed by atoms with Crippen LogP contribution in [0.15, 0.2) is 35.7 Å². The van der Waals surface area contributed by atoms with Gasteiger partial charge in [0.25, 0.3) is 0 Å². The van der Waals surface area contributed by atoms with E-state index in [1.54, 1.807) is 30.3 Å². The van der Waals surface area contributed by atoms with Crippen LogP contribution in [0.4, 0.5) is 0 Å². The van der Waals surface area contributed by atoms with E-state index in [2.05, 4.69) is 4.90 Å². The van der Waals surface area contributed by atoms with Gasteiger partial charge in [-0.2, -0.15) is 0 Å². The molecule has 37 heavy (non-hydrogen) atoms. The fraction of sp³-hybridized carbons (Fsp3) is 0.423. The Morgan fingerprint density at radius 1 is 0.946 bits per heavy atom. The highest BCUT2D eigenvalue weighted by Crippen LogP contribution is 2.36. The standard InChI is InChI=1S/C26H35N3O7S/c1-28-9-11-29(12-10-28)25(26(27)30)21-14-18(6-7-22(21)34-3)17-37(31,32)13-8-20-23(35-4)15-19(33-2)16-24(20)36-5/h6-8,13-16,25H,9-12,17H2,1-5H3,(H2,27,30). The first-order valence-corrected chi connectivity index (χ1v) is 13.4. The van der Waals surface area contributed by atoms with Gasteiger partial charge < -0.3 is 29.6 Å². The summed E-state index contributed by atoms with van der Waals surface area (Å²) in [5.41, 5.74) is 7.34. The van der Waals surface area contributed by atoms with E-state index in [0.29, 0.717) is 52.8 Å². The average molecular weight is 534 g/mol. The van der Waals surface area contributed by atoms with Crippen molar-refractivity contribution in [3.63, 3.8) is 0 Å². The molecule has 0 saturated carbocycles. The predicted octanol–water partition coefficient (Wildman–Crippen LogP) is 2.08. The highest BCUT2D eigenvalue weighted by molar-refractivity contribution is 7.93. The molecular formula is C26H35N3O7S. The van der Waals surface area contributed by atoms with Gasteiger partial charge in [0.05, 0.1) is 39.8 Å². The number of amides is 1. The number of primary amides is 1. The van der Waals surface area contributed by atoms with Gasteiger partial charge in [-0.15, -0.1) is 0 Å². The number of rotatable bonds is 11. The molecule has 1 heterocycles. The van der Waals surface area contributed by atoms with Gasteiger partial charge in [0.1, 0.15) is 29.0 Å². The van der Waals surface area contributed by atoms with Crippen molar-refractivity contribution in [3.05, 3.63) is 52.4 Å². The molecule has 0 radical (unpaired) electrons. The molecule has 2 aromatic rings. The molecule has 2 aromatic carbocycles. The lowest BCUT2D eigenvalue weighted by atomic mass is 10.00. The molecular weight excluding hydrogens is 498 g/mol. The summed E-state index contributed by atoms with van der Waals surface area (Å²) in [6, 6.07) is 7.59. The second kappa shape index (κ2) is 12.3. The summed E-state index contributed by atoms with van der Waals surface area (Å²) in [6.45, 7) is 2.90. The minimum Gasteiger partial charge on any atom is -0.496 e. The van der Waals surface area contributed by atoms with Crippen molar-refractivity contribution < 1.29 is 32.2 Å². The minimum absolute atomic E-state index is 0.282. The Labute approximate surface area is 218 Å². The van der Waals surface area contributed by atoms with E-state index >= 15 is 0 Å². The number of hydrogen-bond acceptors (Lipinski definition) is 9. The second-order valence-corrected chi connectivity index (χ2v) is 10.7. The Morgan fingerprint density at radius 2 is 1.54 bits per heavy atom. The molecule has 1 fully saturated rings. The zero-order valence-corrected chi connectivity index (χ0v) is 22.7. The number of carbonyl (C=O) groups excluding carboxylic acids is 1. The first kappa shape index (κ1) is 28.3. The normalized spacial score (nSPS) is 15.9. The zero-order chi connectivity index (χ0) is 27.2. The largest absolute Gasteiger partial charge is 0.496 e. The smallest absolute Gasteiger partial charge is 0.239 e. The number of benzene rings is 2. The highest BCUT2D eigenvalue weighted by atomic mass is 32.2. The van der Waals surface area contributed by atoms with Crippen LogP contribution in [0, 0.1) is 0 Å². The van der Waals surface area contributed by atoms with Crippen molar-refractivity contribution in [2.75, 3.05) is 61.7 Å². The molecule has 11 heteroatoms. The maximum Gasteiger partial charge on any atom is 0.239 e. The van der Waals surface area contributed by atoms with Gasteiger partial charge in [-0.25, -0.2) is 8.42 Å². The van der Waals surface area contributed by atoms with Crippen molar-refractivity contribution in [1.82, 2.24) is 9.80 Å². The monoisotopic (exact) mass is 533 g/mol. The number of likely N-dealkylation sites (N-methyl/N-ethyl adjacent to an activating group) is 1. The lowest BCUT2D eigenvalue weighted by Crippen LogP contribution is -2.49. The van der Waals surface area contributed by atoms with Crippen LogP contribution in [-0.4, -0.2) is 85.8 Å². The van der Waals surface area contributed by atoms with Gasteiger partial charge in [0, 0.05) is 49.3 Å². The Kier molecular flexibility index (Phi) is 9.41. The lowest BCUT2D eigenvalue weighted by molar-refractivity contribution is -0.124. The summed E-state index contributed by atoms with van der Waals surface area (Å²) in [5.74, 6) is 1.02. The minimum atomic E-state index is -3.71. The Morgan fingerprint density at radius 3 is 2.05 bits per heavy atom. The predicted molar refractivity (Wildman–Crippen MR) is 142 cm³/mol. The summed E-state index contributed by atoms with van der Waals surface area (Å²) >= 11 is 0. The van der Waals surface area contributed by atoms with Crippen LogP contribution >= 0.6 is 0 Å². The number of nitrogens with zero attached hydrogens (tertiary/aromatic N) is 2. The Bertz CT molecular complexity index is 1210. The van der Waals surface area contributed by atoms with Gasteiger partial charge in [-0.1, -0.05) is 6.07 Å². The van der Waals surface area contributed by atoms with Crippen LogP contribution < -0.4 is 24.7 Å². The van der Waals surface area contributed by atoms with Crippen molar-refractivity contribution in [1.29, 1.82) is 0 Å². The SMILES string of the molecule is COc1cc(OC)c(C=CS(=O)(=O)Cc2ccc(OC)c(C(C(N)=O)N3CCN(C)CC3)c2)c(OC)c1. The number of piperazine rings is 1. The number of sulfone groups is 1. The number of ether oxygens (including phenoxy) is 4. The fourth-order valence-electron chi connectivity index (χ4n) is 4.35. The van der Waals surface area contributed by atoms with E-state index < -0.39 is 21.8 Å². The molecule has 1 saturated heterocycles. The van der Waals surface area contributed by atoms with Crippen LogP contribution in [0.5, 0.6) is 23.0 Å². The Hall–Kier alpha value is -3.28. The van der Waals surface area contributed by atoms with Gasteiger partial charge in [-0.05, 0) is 30.8 Å². The average Bonchev–Trinajstić information content (AvgIpc) is 2.88. The number of nitrogens with two attached hydrogens (primary N) is 1. The van der Waals surface area contributed by atoms with Crippen LogP contribution in [0.3, 0.4) is 0 Å². The van der Waals surface area contributed by atoms with E-state index in [1.165, 1.54) is 34.5 Å². The van der Waals surface area contributed by atoms with Gasteiger partial charge in [-0.3, -0.25) is 9.69 Å². The molecule has 202 valence electrons. The summed E-state index contributed by atoms with van der Waals surface area (Å²) in [4.78, 5) is 16.7. The number of hydrogen-bond donors (Lipinski definition) is 1. The third kappa shape index (κ3) is 6.94. The number of methoxy groups -OCH3 is 4. The molecule has 1 aliphatic heterocycles. The topological polar surface area (TPSA) is 121 Å². The summed E-state index contributed by atoms with van der Waals surface area (Å²) in [6.07, 6.45) is 1.44. The van der Waals surface area contributed by atoms with Crippen molar-refractivity contribution in [2.24, 2.45) is 5.73 Å². The summed E-state index contributed by atoms with van der Waals surface area (Å²) < 4.78 is 47.7. The second-order valence-electron chi connectivity index (χ2n) is 8.78. The quantitative estimate of drug-likeness (QED) is 0.463. The van der Waals surface area contributed by atoms with Crippen LogP contribution in [0.25, 0.3) is 6.08 Å². The number of carbonyl (C=O) groups is 1. The van der Waals surface area contributed by atoms with Crippen molar-refractivity contribution >= 4 is 21.8 Å². The van der Waals surface area contributed by atoms with E-state index in [0.717, 1.165) is 18.5 Å². The molecule has 10 nitrogen and oxygen atoms in total. The fourth-order valence-corrected chi connectivity index (χ4v) is 5.43. The van der Waals surface area contributed by atoms with Gasteiger partial charge >= 0.3 is 0 Å². The molecule has 2 N–H and O–H groups in total. The Balaban J connectivity index is 1.91. The first-order valence-electron chi connectivity index (χ1n) is 11.7. The molecule has 0 aromatic heterocycles. The molecule has 0 aliphatic carbocycles. The lowest BCUT2D eigenvalue weighted by Gasteiger charge is -2.37. The maximum absolute atomic E-state index is 13.1. The molecule has 3 rings (SSSR count). The molecule has 1 atom stereocenters. The van der Waals surface area contributed by atoms with Gasteiger partial charge in [0.2, 0.25) is 5.91 Å². The molecule has 0 bridgehead atoms. The van der Waals surface area contributed by atoms with Gasteiger partial charge in [0.15, 0.2) is 9.84 Å². The third-order valence-corrected chi connectivity index (χ3v) is 7.61. The molecule has 0 spiro atoms. The summed E-state index contributed by atoms with van der Waals surface area (Å²) in [7, 11) is 4.30.